The highest BCUT2D eigenvalue weighted by Crippen LogP contribution is 2.22. The second-order valence-corrected chi connectivity index (χ2v) is 3.43. The van der Waals surface area contributed by atoms with E-state index in [0.717, 1.165) is 0 Å². The zero-order valence-electron chi connectivity index (χ0n) is 8.07. The Balaban J connectivity index is 2.34. The number of piperidine rings is 1. The van der Waals surface area contributed by atoms with Gasteiger partial charge in [0.25, 0.3) is 5.91 Å². The molecule has 0 atom stereocenters. The van der Waals surface area contributed by atoms with Crippen molar-refractivity contribution in [3.05, 3.63) is 30.1 Å². The van der Waals surface area contributed by atoms with E-state index in [-0.39, 0.29) is 12.1 Å². The van der Waals surface area contributed by atoms with Crippen molar-refractivity contribution in [1.29, 1.82) is 0 Å². The minimum Gasteiger partial charge on any atom is -0.303 e. The van der Waals surface area contributed by atoms with Crippen molar-refractivity contribution in [2.24, 2.45) is 0 Å². The molecule has 1 aliphatic rings. The Morgan fingerprint density at radius 1 is 1.20 bits per heavy atom. The molecule has 0 unspecified atom stereocenters. The van der Waals surface area contributed by atoms with E-state index in [4.69, 9.17) is 0 Å². The summed E-state index contributed by atoms with van der Waals surface area (Å²) >= 11 is 0. The summed E-state index contributed by atoms with van der Waals surface area (Å²) < 4.78 is 13.4. The number of hydrogen-bond donors (Lipinski definition) is 0. The second kappa shape index (κ2) is 3.81. The van der Waals surface area contributed by atoms with Gasteiger partial charge in [-0.2, -0.15) is 0 Å². The van der Waals surface area contributed by atoms with Crippen LogP contribution < -0.4 is 4.90 Å². The molecular formula is C11H10FNO2. The number of Topliss-reactive ketones (excluding diaryl/α,β-unsaturated/α-hetero) is 1. The summed E-state index contributed by atoms with van der Waals surface area (Å²) in [5, 5.41) is 0. The number of carbonyl (C=O) groups is 2. The topological polar surface area (TPSA) is 37.4 Å². The Morgan fingerprint density at radius 2 is 1.93 bits per heavy atom. The smallest absolute Gasteiger partial charge is 0.294 e. The molecule has 0 aromatic heterocycles. The molecule has 0 aliphatic carbocycles. The maximum atomic E-state index is 13.4. The largest absolute Gasteiger partial charge is 0.303 e. The normalized spacial score (nSPS) is 17.0. The van der Waals surface area contributed by atoms with Gasteiger partial charge in [-0.15, -0.1) is 0 Å². The highest BCUT2D eigenvalue weighted by molar-refractivity contribution is 6.41. The number of rotatable bonds is 1. The van der Waals surface area contributed by atoms with Gasteiger partial charge >= 0.3 is 0 Å². The van der Waals surface area contributed by atoms with Crippen molar-refractivity contribution in [3.63, 3.8) is 0 Å². The van der Waals surface area contributed by atoms with Crippen molar-refractivity contribution in [3.8, 4) is 0 Å². The van der Waals surface area contributed by atoms with E-state index in [1.165, 1.54) is 17.0 Å². The molecule has 1 aliphatic heterocycles. The van der Waals surface area contributed by atoms with Gasteiger partial charge < -0.3 is 4.90 Å². The summed E-state index contributed by atoms with van der Waals surface area (Å²) in [5.74, 6) is -1.52. The zero-order valence-corrected chi connectivity index (χ0v) is 8.07. The van der Waals surface area contributed by atoms with Gasteiger partial charge in [0.05, 0.1) is 5.69 Å². The monoisotopic (exact) mass is 207 g/mol. The third-order valence-electron chi connectivity index (χ3n) is 2.41. The SMILES string of the molecule is O=C1CCCN(c2ccccc2F)C1=O. The van der Waals surface area contributed by atoms with E-state index in [1.54, 1.807) is 12.1 Å². The summed E-state index contributed by atoms with van der Waals surface area (Å²) in [5.41, 5.74) is 0.190. The zero-order chi connectivity index (χ0) is 10.8. The van der Waals surface area contributed by atoms with Crippen LogP contribution in [0.4, 0.5) is 10.1 Å². The van der Waals surface area contributed by atoms with Crippen LogP contribution in [0.1, 0.15) is 12.8 Å². The fourth-order valence-electron chi connectivity index (χ4n) is 1.66. The molecule has 1 amide bonds. The van der Waals surface area contributed by atoms with Crippen molar-refractivity contribution < 1.29 is 14.0 Å². The van der Waals surface area contributed by atoms with Crippen molar-refractivity contribution in [1.82, 2.24) is 0 Å². The van der Waals surface area contributed by atoms with Gasteiger partial charge in [-0.05, 0) is 18.6 Å². The number of hydrogen-bond acceptors (Lipinski definition) is 2. The summed E-state index contributed by atoms with van der Waals surface area (Å²) in [4.78, 5) is 23.9. The minimum atomic E-state index is -0.605. The minimum absolute atomic E-state index is 0.190. The van der Waals surface area contributed by atoms with Gasteiger partial charge in [-0.3, -0.25) is 9.59 Å². The van der Waals surface area contributed by atoms with Crippen LogP contribution in [0.25, 0.3) is 0 Å². The molecule has 1 aromatic carbocycles. The standard InChI is InChI=1S/C11H10FNO2/c12-8-4-1-2-5-9(8)13-7-3-6-10(14)11(13)15/h1-2,4-5H,3,6-7H2. The van der Waals surface area contributed by atoms with E-state index < -0.39 is 17.5 Å². The first-order valence-electron chi connectivity index (χ1n) is 4.79. The second-order valence-electron chi connectivity index (χ2n) is 3.43. The molecule has 0 bridgehead atoms. The van der Waals surface area contributed by atoms with Crippen LogP contribution in [-0.4, -0.2) is 18.2 Å². The average Bonchev–Trinajstić information content (AvgIpc) is 2.23. The van der Waals surface area contributed by atoms with Gasteiger partial charge in [0.1, 0.15) is 5.82 Å². The molecule has 3 nitrogen and oxygen atoms in total. The number of anilines is 1. The number of benzene rings is 1. The van der Waals surface area contributed by atoms with Gasteiger partial charge in [0.2, 0.25) is 5.78 Å². The molecule has 0 spiro atoms. The lowest BCUT2D eigenvalue weighted by Crippen LogP contribution is -2.42. The number of ketones is 1. The molecule has 1 fully saturated rings. The lowest BCUT2D eigenvalue weighted by atomic mass is 10.1. The van der Waals surface area contributed by atoms with Crippen LogP contribution in [0.3, 0.4) is 0 Å². The molecule has 0 N–H and O–H groups in total. The number of halogens is 1. The molecule has 2 rings (SSSR count). The maximum Gasteiger partial charge on any atom is 0.294 e. The van der Waals surface area contributed by atoms with E-state index in [2.05, 4.69) is 0 Å². The fraction of sp³-hybridized carbons (Fsp3) is 0.273. The Labute approximate surface area is 86.5 Å². The third kappa shape index (κ3) is 1.75. The Hall–Kier alpha value is -1.71. The van der Waals surface area contributed by atoms with Crippen LogP contribution >= 0.6 is 0 Å². The third-order valence-corrected chi connectivity index (χ3v) is 2.41. The lowest BCUT2D eigenvalue weighted by Gasteiger charge is -2.25. The highest BCUT2D eigenvalue weighted by Gasteiger charge is 2.28. The molecule has 1 heterocycles. The summed E-state index contributed by atoms with van der Waals surface area (Å²) in [7, 11) is 0. The predicted molar refractivity (Wildman–Crippen MR) is 53.0 cm³/mol. The fourth-order valence-corrected chi connectivity index (χ4v) is 1.66. The van der Waals surface area contributed by atoms with Crippen LogP contribution in [0.5, 0.6) is 0 Å². The van der Waals surface area contributed by atoms with Crippen molar-refractivity contribution >= 4 is 17.4 Å². The average molecular weight is 207 g/mol. The van der Waals surface area contributed by atoms with Gasteiger partial charge in [0.15, 0.2) is 0 Å². The number of carbonyl (C=O) groups excluding carboxylic acids is 2. The molecule has 15 heavy (non-hydrogen) atoms. The quantitative estimate of drug-likeness (QED) is 0.655. The van der Waals surface area contributed by atoms with Gasteiger partial charge in [-0.1, -0.05) is 12.1 Å². The first kappa shape index (κ1) is 9.83. The van der Waals surface area contributed by atoms with E-state index in [1.807, 2.05) is 0 Å². The van der Waals surface area contributed by atoms with Crippen LogP contribution in [-0.2, 0) is 9.59 Å². The highest BCUT2D eigenvalue weighted by atomic mass is 19.1. The van der Waals surface area contributed by atoms with Crippen LogP contribution in [0.15, 0.2) is 24.3 Å². The van der Waals surface area contributed by atoms with Crippen LogP contribution in [0, 0.1) is 5.82 Å². The van der Waals surface area contributed by atoms with Crippen molar-refractivity contribution in [2.75, 3.05) is 11.4 Å². The number of para-hydroxylation sites is 1. The summed E-state index contributed by atoms with van der Waals surface area (Å²) in [6.07, 6.45) is 0.864. The van der Waals surface area contributed by atoms with Crippen molar-refractivity contribution in [2.45, 2.75) is 12.8 Å². The molecule has 1 aromatic rings. The Morgan fingerprint density at radius 3 is 2.67 bits per heavy atom. The van der Waals surface area contributed by atoms with E-state index in [9.17, 15) is 14.0 Å². The van der Waals surface area contributed by atoms with Gasteiger partial charge in [-0.25, -0.2) is 4.39 Å². The van der Waals surface area contributed by atoms with Crippen LogP contribution in [0.2, 0.25) is 0 Å². The molecule has 4 heteroatoms. The Kier molecular flexibility index (Phi) is 2.49. The maximum absolute atomic E-state index is 13.4. The van der Waals surface area contributed by atoms with E-state index >= 15 is 0 Å². The molecule has 1 saturated heterocycles. The number of amides is 1. The summed E-state index contributed by atoms with van der Waals surface area (Å²) in [6.45, 7) is 0.408. The molecule has 78 valence electrons. The summed E-state index contributed by atoms with van der Waals surface area (Å²) in [6, 6.07) is 5.98. The number of nitrogens with zero attached hydrogens (tertiary/aromatic N) is 1. The molecular weight excluding hydrogens is 197 g/mol. The predicted octanol–water partition coefficient (Wildman–Crippen LogP) is 1.52. The molecule has 0 saturated carbocycles. The Bertz CT molecular complexity index is 417. The first-order valence-corrected chi connectivity index (χ1v) is 4.79. The van der Waals surface area contributed by atoms with E-state index in [0.29, 0.717) is 13.0 Å². The first-order chi connectivity index (χ1) is 7.20. The molecule has 0 radical (unpaired) electrons. The van der Waals surface area contributed by atoms with Gasteiger partial charge in [0, 0.05) is 13.0 Å². The lowest BCUT2D eigenvalue weighted by molar-refractivity contribution is -0.137.